The Hall–Kier alpha value is -3.20. The predicted octanol–water partition coefficient (Wildman–Crippen LogP) is 3.87. The van der Waals surface area contributed by atoms with Crippen molar-refractivity contribution in [2.45, 2.75) is 56.9 Å². The maximum Gasteiger partial charge on any atom is 0.310 e. The molecule has 2 aromatic rings. The minimum Gasteiger partial charge on any atom is -0.481 e. The SMILES string of the molecule is C=CCN(C(=O)C1N([C@@H](CO)Cc2ccccc2)C(=O)[C@@H]2[C@@H](C(=O)O)[C@]3(C)OC12CC3C)c1c(C)cccc1Cl. The van der Waals surface area contributed by atoms with Crippen LogP contribution in [-0.4, -0.2) is 69.3 Å². The van der Waals surface area contributed by atoms with Gasteiger partial charge in [-0.3, -0.25) is 14.4 Å². The van der Waals surface area contributed by atoms with Gasteiger partial charge in [0.15, 0.2) is 0 Å². The van der Waals surface area contributed by atoms with Crippen LogP contribution in [0.5, 0.6) is 0 Å². The van der Waals surface area contributed by atoms with E-state index in [0.717, 1.165) is 11.1 Å². The highest BCUT2D eigenvalue weighted by Crippen LogP contribution is 2.65. The van der Waals surface area contributed by atoms with Crippen molar-refractivity contribution < 1.29 is 29.3 Å². The maximum absolute atomic E-state index is 14.8. The van der Waals surface area contributed by atoms with Crippen LogP contribution in [0.4, 0.5) is 5.69 Å². The van der Waals surface area contributed by atoms with Crippen LogP contribution in [0, 0.1) is 24.7 Å². The number of carboxylic acid groups (broad SMARTS) is 1. The zero-order chi connectivity index (χ0) is 29.0. The number of aliphatic carboxylic acids is 1. The van der Waals surface area contributed by atoms with Crippen LogP contribution in [0.3, 0.4) is 0 Å². The second-order valence-electron chi connectivity index (χ2n) is 11.5. The first-order valence-electron chi connectivity index (χ1n) is 13.6. The molecule has 0 aliphatic carbocycles. The summed E-state index contributed by atoms with van der Waals surface area (Å²) in [6.45, 7) is 9.02. The third kappa shape index (κ3) is 4.07. The molecule has 3 aliphatic heterocycles. The van der Waals surface area contributed by atoms with Gasteiger partial charge in [0.05, 0.1) is 34.9 Å². The minimum absolute atomic E-state index is 0.111. The molecule has 2 amide bonds. The topological polar surface area (TPSA) is 107 Å². The number of aliphatic hydroxyl groups excluding tert-OH is 1. The first-order valence-corrected chi connectivity index (χ1v) is 14.0. The van der Waals surface area contributed by atoms with E-state index in [-0.39, 0.29) is 18.9 Å². The van der Waals surface area contributed by atoms with Crippen LogP contribution in [0.2, 0.25) is 5.02 Å². The summed E-state index contributed by atoms with van der Waals surface area (Å²) in [5.74, 6) is -4.47. The maximum atomic E-state index is 14.8. The number of para-hydroxylation sites is 1. The van der Waals surface area contributed by atoms with Gasteiger partial charge in [-0.15, -0.1) is 6.58 Å². The number of hydrogen-bond donors (Lipinski definition) is 2. The van der Waals surface area contributed by atoms with E-state index < -0.39 is 59.5 Å². The first-order chi connectivity index (χ1) is 19.0. The lowest BCUT2D eigenvalue weighted by Gasteiger charge is -2.40. The number of aryl methyl sites for hydroxylation is 1. The zero-order valence-corrected chi connectivity index (χ0v) is 23.7. The number of amides is 2. The molecule has 40 heavy (non-hydrogen) atoms. The van der Waals surface area contributed by atoms with Gasteiger partial charge in [0.25, 0.3) is 5.91 Å². The van der Waals surface area contributed by atoms with Gasteiger partial charge >= 0.3 is 5.97 Å². The Morgan fingerprint density at radius 3 is 2.55 bits per heavy atom. The molecule has 0 saturated carbocycles. The van der Waals surface area contributed by atoms with E-state index in [1.54, 1.807) is 25.1 Å². The number of ether oxygens (including phenoxy) is 1. The average molecular weight is 567 g/mol. The molecule has 0 radical (unpaired) electrons. The molecule has 3 fully saturated rings. The monoisotopic (exact) mass is 566 g/mol. The van der Waals surface area contributed by atoms with Gasteiger partial charge in [0, 0.05) is 6.54 Å². The first kappa shape index (κ1) is 28.3. The molecule has 3 saturated heterocycles. The lowest BCUT2D eigenvalue weighted by molar-refractivity contribution is -0.157. The number of rotatable bonds is 9. The highest BCUT2D eigenvalue weighted by atomic mass is 35.5. The van der Waals surface area contributed by atoms with Gasteiger partial charge in [0.2, 0.25) is 5.91 Å². The summed E-state index contributed by atoms with van der Waals surface area (Å²) in [4.78, 5) is 44.7. The van der Waals surface area contributed by atoms with Gasteiger partial charge in [-0.05, 0) is 49.8 Å². The summed E-state index contributed by atoms with van der Waals surface area (Å²) in [5, 5.41) is 21.3. The summed E-state index contributed by atoms with van der Waals surface area (Å²) in [6.07, 6.45) is 2.21. The normalized spacial score (nSPS) is 31.2. The molecule has 0 aromatic heterocycles. The molecule has 3 aliphatic rings. The second-order valence-corrected chi connectivity index (χ2v) is 11.9. The van der Waals surface area contributed by atoms with Crippen molar-refractivity contribution >= 4 is 35.1 Å². The van der Waals surface area contributed by atoms with Gasteiger partial charge < -0.3 is 24.7 Å². The lowest BCUT2D eigenvalue weighted by atomic mass is 9.62. The van der Waals surface area contributed by atoms with E-state index in [9.17, 15) is 24.6 Å². The van der Waals surface area contributed by atoms with E-state index in [1.807, 2.05) is 50.2 Å². The smallest absolute Gasteiger partial charge is 0.310 e. The van der Waals surface area contributed by atoms with E-state index in [4.69, 9.17) is 16.3 Å². The van der Waals surface area contributed by atoms with Crippen LogP contribution in [0.1, 0.15) is 31.4 Å². The molecule has 1 spiro atoms. The summed E-state index contributed by atoms with van der Waals surface area (Å²) in [6, 6.07) is 12.8. The van der Waals surface area contributed by atoms with Crippen LogP contribution in [0.25, 0.3) is 0 Å². The Bertz CT molecular complexity index is 1330. The van der Waals surface area contributed by atoms with Crippen molar-refractivity contribution in [3.63, 3.8) is 0 Å². The van der Waals surface area contributed by atoms with Crippen molar-refractivity contribution in [2.75, 3.05) is 18.1 Å². The number of benzene rings is 2. The van der Waals surface area contributed by atoms with Crippen molar-refractivity contribution in [3.8, 4) is 0 Å². The lowest BCUT2D eigenvalue weighted by Crippen LogP contribution is -2.59. The minimum atomic E-state index is -1.37. The van der Waals surface area contributed by atoms with Gasteiger partial charge in [-0.1, -0.05) is 67.1 Å². The number of aliphatic hydroxyl groups is 1. The molecule has 3 unspecified atom stereocenters. The number of carbonyl (C=O) groups excluding carboxylic acids is 2. The predicted molar refractivity (Wildman–Crippen MR) is 151 cm³/mol. The standard InChI is InChI=1S/C31H35ClN2O6/c1-5-14-33(25-18(2)10-9-13-22(25)32)28(37)26-31-16-19(3)30(4,40-31)24(29(38)39)23(31)27(36)34(26)21(17-35)15-20-11-7-6-8-12-20/h5-13,19,21,23-24,26,35H,1,14-17H2,2-4H3,(H,38,39)/t19?,21-,23+,24+,26?,30-,31?/m1/s1. The quantitative estimate of drug-likeness (QED) is 0.446. The third-order valence-electron chi connectivity index (χ3n) is 9.21. The molecule has 3 heterocycles. The molecule has 9 heteroatoms. The van der Waals surface area contributed by atoms with Crippen LogP contribution < -0.4 is 4.90 Å². The fraction of sp³-hybridized carbons (Fsp3) is 0.452. The fourth-order valence-corrected chi connectivity index (χ4v) is 7.72. The van der Waals surface area contributed by atoms with Crippen molar-refractivity contribution in [3.05, 3.63) is 77.3 Å². The summed E-state index contributed by atoms with van der Waals surface area (Å²) in [7, 11) is 0. The van der Waals surface area contributed by atoms with E-state index in [2.05, 4.69) is 6.58 Å². The number of carbonyl (C=O) groups is 3. The number of likely N-dealkylation sites (tertiary alicyclic amines) is 1. The zero-order valence-electron chi connectivity index (χ0n) is 22.9. The Morgan fingerprint density at radius 2 is 1.95 bits per heavy atom. The van der Waals surface area contributed by atoms with Crippen LogP contribution in [-0.2, 0) is 25.5 Å². The fourth-order valence-electron chi connectivity index (χ4n) is 7.40. The van der Waals surface area contributed by atoms with Gasteiger partial charge in [-0.2, -0.15) is 0 Å². The molecule has 212 valence electrons. The number of halogens is 1. The van der Waals surface area contributed by atoms with E-state index >= 15 is 0 Å². The highest BCUT2D eigenvalue weighted by molar-refractivity contribution is 6.34. The van der Waals surface area contributed by atoms with Crippen molar-refractivity contribution in [1.29, 1.82) is 0 Å². The van der Waals surface area contributed by atoms with Gasteiger partial charge in [-0.25, -0.2) is 0 Å². The second kappa shape index (κ2) is 10.3. The Kier molecular flexibility index (Phi) is 7.31. The van der Waals surface area contributed by atoms with E-state index in [0.29, 0.717) is 17.1 Å². The molecule has 5 rings (SSSR count). The number of hydrogen-bond acceptors (Lipinski definition) is 5. The number of nitrogens with zero attached hydrogens (tertiary/aromatic N) is 2. The molecular weight excluding hydrogens is 532 g/mol. The summed E-state index contributed by atoms with van der Waals surface area (Å²) >= 11 is 6.61. The number of anilines is 1. The highest BCUT2D eigenvalue weighted by Gasteiger charge is 2.80. The van der Waals surface area contributed by atoms with Crippen LogP contribution >= 0.6 is 11.6 Å². The Labute approximate surface area is 239 Å². The molecule has 8 nitrogen and oxygen atoms in total. The van der Waals surface area contributed by atoms with Crippen molar-refractivity contribution in [2.24, 2.45) is 17.8 Å². The molecule has 2 N–H and O–H groups in total. The number of fused-ring (bicyclic) bond motifs is 1. The van der Waals surface area contributed by atoms with Crippen molar-refractivity contribution in [1.82, 2.24) is 4.90 Å². The third-order valence-corrected chi connectivity index (χ3v) is 9.51. The molecular formula is C31H35ClN2O6. The molecule has 2 aromatic carbocycles. The Morgan fingerprint density at radius 1 is 1.25 bits per heavy atom. The Balaban J connectivity index is 1.68. The number of carboxylic acids is 1. The van der Waals surface area contributed by atoms with E-state index in [1.165, 1.54) is 9.80 Å². The summed E-state index contributed by atoms with van der Waals surface area (Å²) < 4.78 is 6.63. The van der Waals surface area contributed by atoms with Gasteiger partial charge in [0.1, 0.15) is 17.6 Å². The average Bonchev–Trinajstić information content (AvgIpc) is 3.43. The molecule has 7 atom stereocenters. The summed E-state index contributed by atoms with van der Waals surface area (Å²) in [5.41, 5.74) is -0.360. The largest absolute Gasteiger partial charge is 0.481 e. The van der Waals surface area contributed by atoms with Crippen LogP contribution in [0.15, 0.2) is 61.2 Å². The molecule has 2 bridgehead atoms.